The van der Waals surface area contributed by atoms with Crippen molar-refractivity contribution in [3.63, 3.8) is 0 Å². The Morgan fingerprint density at radius 1 is 1.04 bits per heavy atom. The van der Waals surface area contributed by atoms with Crippen molar-refractivity contribution in [2.24, 2.45) is 0 Å². The number of amides is 2. The fourth-order valence-corrected chi connectivity index (χ4v) is 3.02. The van der Waals surface area contributed by atoms with Crippen LogP contribution in [0.5, 0.6) is 0 Å². The minimum Gasteiger partial charge on any atom is -0.339 e. The summed E-state index contributed by atoms with van der Waals surface area (Å²) < 4.78 is 0. The van der Waals surface area contributed by atoms with Crippen molar-refractivity contribution in [2.75, 3.05) is 12.4 Å². The monoisotopic (exact) mass is 342 g/mol. The van der Waals surface area contributed by atoms with E-state index in [0.29, 0.717) is 16.8 Å². The first kappa shape index (κ1) is 18.9. The Morgan fingerprint density at radius 2 is 1.64 bits per heavy atom. The fourth-order valence-electron chi connectivity index (χ4n) is 3.02. The zero-order chi connectivity index (χ0) is 18.4. The number of ketones is 1. The molecule has 1 aromatic carbocycles. The van der Waals surface area contributed by atoms with E-state index in [1.165, 1.54) is 19.4 Å². The second kappa shape index (κ2) is 8.60. The summed E-state index contributed by atoms with van der Waals surface area (Å²) in [5.41, 5.74) is 1.55. The molecule has 1 saturated carbocycles. The number of carbonyl (C=O) groups is 3. The summed E-state index contributed by atoms with van der Waals surface area (Å²) in [6, 6.07) is 6.96. The molecule has 0 atom stereocenters. The van der Waals surface area contributed by atoms with Gasteiger partial charge >= 0.3 is 0 Å². The average molecular weight is 342 g/mol. The van der Waals surface area contributed by atoms with Crippen molar-refractivity contribution in [3.8, 4) is 0 Å². The number of anilines is 1. The molecule has 25 heavy (non-hydrogen) atoms. The Labute approximate surface area is 149 Å². The van der Waals surface area contributed by atoms with Crippen molar-refractivity contribution in [2.45, 2.75) is 52.0 Å². The topological polar surface area (TPSA) is 66.5 Å². The minimum absolute atomic E-state index is 0.0229. The number of nitrogens with zero attached hydrogens (tertiary/aromatic N) is 1. The fraction of sp³-hybridized carbons (Fsp3) is 0.450. The maximum atomic E-state index is 12.4. The van der Waals surface area contributed by atoms with Gasteiger partial charge in [0.2, 0.25) is 5.91 Å². The summed E-state index contributed by atoms with van der Waals surface area (Å²) in [4.78, 5) is 37.6. The Balaban J connectivity index is 1.96. The van der Waals surface area contributed by atoms with Crippen LogP contribution in [0.4, 0.5) is 5.69 Å². The standard InChI is InChI=1S/C20H26N2O3/c1-14(13-19(24)22(3)18-7-5-4-6-8-18)20(25)21-17-11-9-16(10-12-17)15(2)23/h9-13,18H,4-8H2,1-3H3,(H,21,25)/b14-13-. The zero-order valence-corrected chi connectivity index (χ0v) is 15.2. The molecule has 0 aliphatic heterocycles. The van der Waals surface area contributed by atoms with Crippen molar-refractivity contribution in [1.29, 1.82) is 0 Å². The third-order valence-corrected chi connectivity index (χ3v) is 4.72. The quantitative estimate of drug-likeness (QED) is 0.657. The highest BCUT2D eigenvalue weighted by molar-refractivity contribution is 6.07. The molecule has 0 spiro atoms. The van der Waals surface area contributed by atoms with Gasteiger partial charge in [0, 0.05) is 36.0 Å². The van der Waals surface area contributed by atoms with Gasteiger partial charge in [-0.25, -0.2) is 0 Å². The number of hydrogen-bond acceptors (Lipinski definition) is 3. The minimum atomic E-state index is -0.319. The summed E-state index contributed by atoms with van der Waals surface area (Å²) in [5, 5.41) is 2.74. The van der Waals surface area contributed by atoms with Crippen LogP contribution in [0.1, 0.15) is 56.3 Å². The van der Waals surface area contributed by atoms with Gasteiger partial charge in [0.1, 0.15) is 0 Å². The summed E-state index contributed by atoms with van der Waals surface area (Å²) in [7, 11) is 1.81. The molecule has 0 radical (unpaired) electrons. The maximum absolute atomic E-state index is 12.4. The van der Waals surface area contributed by atoms with E-state index in [1.807, 2.05) is 0 Å². The lowest BCUT2D eigenvalue weighted by molar-refractivity contribution is -0.127. The van der Waals surface area contributed by atoms with Gasteiger partial charge < -0.3 is 10.2 Å². The number of likely N-dealkylation sites (N-methyl/N-ethyl adjacent to an activating group) is 1. The van der Waals surface area contributed by atoms with E-state index >= 15 is 0 Å². The first-order valence-electron chi connectivity index (χ1n) is 8.76. The van der Waals surface area contributed by atoms with Crippen molar-refractivity contribution in [1.82, 2.24) is 4.90 Å². The smallest absolute Gasteiger partial charge is 0.251 e. The number of nitrogens with one attached hydrogen (secondary N) is 1. The van der Waals surface area contributed by atoms with Crippen molar-refractivity contribution in [3.05, 3.63) is 41.5 Å². The largest absolute Gasteiger partial charge is 0.339 e. The molecule has 0 heterocycles. The van der Waals surface area contributed by atoms with E-state index in [4.69, 9.17) is 0 Å². The molecule has 5 nitrogen and oxygen atoms in total. The summed E-state index contributed by atoms with van der Waals surface area (Å²) >= 11 is 0. The highest BCUT2D eigenvalue weighted by atomic mass is 16.2. The number of Topliss-reactive ketones (excluding diaryl/α,β-unsaturated/α-hetero) is 1. The Morgan fingerprint density at radius 3 is 2.20 bits per heavy atom. The van der Waals surface area contributed by atoms with E-state index < -0.39 is 0 Å². The van der Waals surface area contributed by atoms with Crippen LogP contribution in [-0.4, -0.2) is 35.6 Å². The molecule has 2 amide bonds. The van der Waals surface area contributed by atoms with Gasteiger partial charge in [-0.2, -0.15) is 0 Å². The predicted molar refractivity (Wildman–Crippen MR) is 98.5 cm³/mol. The summed E-state index contributed by atoms with van der Waals surface area (Å²) in [6.45, 7) is 3.13. The lowest BCUT2D eigenvalue weighted by atomic mass is 9.94. The van der Waals surface area contributed by atoms with Crippen LogP contribution in [-0.2, 0) is 9.59 Å². The molecule has 1 fully saturated rings. The Bertz CT molecular complexity index is 671. The molecule has 0 aromatic heterocycles. The van der Waals surface area contributed by atoms with E-state index in [1.54, 1.807) is 43.1 Å². The number of rotatable bonds is 5. The molecule has 1 aromatic rings. The second-order valence-electron chi connectivity index (χ2n) is 6.66. The third-order valence-electron chi connectivity index (χ3n) is 4.72. The Hall–Kier alpha value is -2.43. The molecule has 0 unspecified atom stereocenters. The van der Waals surface area contributed by atoms with E-state index in [0.717, 1.165) is 25.7 Å². The SMILES string of the molecule is CC(=O)c1ccc(NC(=O)/C(C)=C\C(=O)N(C)C2CCCCC2)cc1. The van der Waals surface area contributed by atoms with Crippen LogP contribution < -0.4 is 5.32 Å². The predicted octanol–water partition coefficient (Wildman–Crippen LogP) is 3.57. The van der Waals surface area contributed by atoms with E-state index in [-0.39, 0.29) is 23.6 Å². The first-order chi connectivity index (χ1) is 11.9. The lowest BCUT2D eigenvalue weighted by Gasteiger charge is -2.30. The highest BCUT2D eigenvalue weighted by Gasteiger charge is 2.21. The van der Waals surface area contributed by atoms with Crippen LogP contribution in [0.2, 0.25) is 0 Å². The first-order valence-corrected chi connectivity index (χ1v) is 8.76. The van der Waals surface area contributed by atoms with Crippen LogP contribution in [0.25, 0.3) is 0 Å². The van der Waals surface area contributed by atoms with Gasteiger partial charge in [0.05, 0.1) is 0 Å². The molecule has 134 valence electrons. The van der Waals surface area contributed by atoms with Crippen molar-refractivity contribution < 1.29 is 14.4 Å². The molecule has 5 heteroatoms. The average Bonchev–Trinajstić information content (AvgIpc) is 2.62. The molecule has 2 rings (SSSR count). The van der Waals surface area contributed by atoms with Crippen LogP contribution in [0.3, 0.4) is 0 Å². The van der Waals surface area contributed by atoms with E-state index in [2.05, 4.69) is 5.32 Å². The molecule has 1 aliphatic carbocycles. The van der Waals surface area contributed by atoms with Gasteiger partial charge in [-0.05, 0) is 51.0 Å². The van der Waals surface area contributed by atoms with Gasteiger partial charge in [0.15, 0.2) is 5.78 Å². The Kier molecular flexibility index (Phi) is 6.51. The third kappa shape index (κ3) is 5.28. The second-order valence-corrected chi connectivity index (χ2v) is 6.66. The molecular weight excluding hydrogens is 316 g/mol. The lowest BCUT2D eigenvalue weighted by Crippen LogP contribution is -2.37. The molecule has 0 saturated heterocycles. The molecular formula is C20H26N2O3. The van der Waals surface area contributed by atoms with Crippen LogP contribution >= 0.6 is 0 Å². The van der Waals surface area contributed by atoms with Crippen molar-refractivity contribution >= 4 is 23.3 Å². The summed E-state index contributed by atoms with van der Waals surface area (Å²) in [5.74, 6) is -0.474. The maximum Gasteiger partial charge on any atom is 0.251 e. The molecule has 1 N–H and O–H groups in total. The van der Waals surface area contributed by atoms with Gasteiger partial charge in [-0.1, -0.05) is 19.3 Å². The van der Waals surface area contributed by atoms with E-state index in [9.17, 15) is 14.4 Å². The number of hydrogen-bond donors (Lipinski definition) is 1. The van der Waals surface area contributed by atoms with Gasteiger partial charge in [-0.3, -0.25) is 14.4 Å². The molecule has 0 bridgehead atoms. The van der Waals surface area contributed by atoms with Gasteiger partial charge in [0.25, 0.3) is 5.91 Å². The zero-order valence-electron chi connectivity index (χ0n) is 15.2. The van der Waals surface area contributed by atoms with Crippen LogP contribution in [0, 0.1) is 0 Å². The number of carbonyl (C=O) groups excluding carboxylic acids is 3. The molecule has 1 aliphatic rings. The highest BCUT2D eigenvalue weighted by Crippen LogP contribution is 2.22. The normalized spacial score (nSPS) is 15.6. The summed E-state index contributed by atoms with van der Waals surface area (Å²) in [6.07, 6.45) is 7.00. The van der Waals surface area contributed by atoms with Crippen LogP contribution in [0.15, 0.2) is 35.9 Å². The number of benzene rings is 1. The van der Waals surface area contributed by atoms with Gasteiger partial charge in [-0.15, -0.1) is 0 Å².